The van der Waals surface area contributed by atoms with E-state index in [1.807, 2.05) is 30.4 Å². The van der Waals surface area contributed by atoms with Crippen molar-refractivity contribution >= 4 is 23.4 Å². The fourth-order valence-corrected chi connectivity index (χ4v) is 3.83. The maximum absolute atomic E-state index is 12.9. The monoisotopic (exact) mass is 384 g/mol. The lowest BCUT2D eigenvalue weighted by Crippen LogP contribution is -2.46. The first-order chi connectivity index (χ1) is 13.1. The van der Waals surface area contributed by atoms with Crippen LogP contribution in [0.25, 0.3) is 0 Å². The molecule has 0 saturated carbocycles. The van der Waals surface area contributed by atoms with Crippen LogP contribution in [0.1, 0.15) is 46.1 Å². The third kappa shape index (κ3) is 3.55. The normalized spacial score (nSPS) is 22.8. The summed E-state index contributed by atoms with van der Waals surface area (Å²) in [5.74, 6) is -1.06. The summed E-state index contributed by atoms with van der Waals surface area (Å²) in [5.41, 5.74) is 1.48. The summed E-state index contributed by atoms with van der Waals surface area (Å²) in [6.45, 7) is 7.84. The average Bonchev–Trinajstić information content (AvgIpc) is 2.91. The number of carbonyl (C=O) groups is 3. The topological polar surface area (TPSA) is 75.7 Å². The molecule has 1 saturated heterocycles. The fraction of sp³-hybridized carbons (Fsp3) is 0.500. The molecule has 3 amide bonds. The molecule has 2 aliphatic rings. The summed E-state index contributed by atoms with van der Waals surface area (Å²) in [7, 11) is 1.54. The number of carbonyl (C=O) groups excluding carboxylic acids is 3. The van der Waals surface area contributed by atoms with Crippen molar-refractivity contribution in [1.82, 2.24) is 4.90 Å². The van der Waals surface area contributed by atoms with E-state index < -0.39 is 11.9 Å². The highest BCUT2D eigenvalue weighted by Gasteiger charge is 2.50. The summed E-state index contributed by atoms with van der Waals surface area (Å²) in [4.78, 5) is 39.5. The number of anilines is 1. The minimum absolute atomic E-state index is 0.0963. The molecule has 1 N–H and O–H groups in total. The number of rotatable bonds is 4. The Morgan fingerprint density at radius 1 is 1.14 bits per heavy atom. The second-order valence-corrected chi connectivity index (χ2v) is 8.53. The number of nitrogens with one attached hydrogen (secondary N) is 1. The van der Waals surface area contributed by atoms with Gasteiger partial charge in [0.2, 0.25) is 17.7 Å². The van der Waals surface area contributed by atoms with Gasteiger partial charge in [-0.25, -0.2) is 0 Å². The van der Waals surface area contributed by atoms with Crippen molar-refractivity contribution in [2.24, 2.45) is 11.8 Å². The van der Waals surface area contributed by atoms with Crippen LogP contribution in [0.5, 0.6) is 5.75 Å². The van der Waals surface area contributed by atoms with Gasteiger partial charge in [-0.3, -0.25) is 19.3 Å². The molecule has 3 rings (SSSR count). The number of amides is 3. The van der Waals surface area contributed by atoms with Crippen LogP contribution in [0, 0.1) is 11.8 Å². The quantitative estimate of drug-likeness (QED) is 0.639. The molecule has 1 aromatic rings. The Morgan fingerprint density at radius 3 is 2.21 bits per heavy atom. The van der Waals surface area contributed by atoms with E-state index in [2.05, 4.69) is 26.1 Å². The number of methoxy groups -OCH3 is 1. The van der Waals surface area contributed by atoms with Crippen LogP contribution in [0.3, 0.4) is 0 Å². The highest BCUT2D eigenvalue weighted by molar-refractivity contribution is 6.10. The molecule has 0 radical (unpaired) electrons. The number of allylic oxidation sites excluding steroid dienone is 2. The van der Waals surface area contributed by atoms with Gasteiger partial charge < -0.3 is 10.1 Å². The molecular weight excluding hydrogens is 356 g/mol. The Hall–Kier alpha value is -2.63. The maximum atomic E-state index is 12.9. The molecule has 28 heavy (non-hydrogen) atoms. The number of hydrogen-bond acceptors (Lipinski definition) is 4. The number of benzene rings is 1. The number of hydrogen-bond donors (Lipinski definition) is 1. The van der Waals surface area contributed by atoms with Gasteiger partial charge in [0.1, 0.15) is 11.8 Å². The zero-order valence-electron chi connectivity index (χ0n) is 17.1. The molecule has 6 heteroatoms. The van der Waals surface area contributed by atoms with Crippen LogP contribution in [0.4, 0.5) is 5.69 Å². The molecule has 150 valence electrons. The summed E-state index contributed by atoms with van der Waals surface area (Å²) in [5, 5.41) is 2.85. The molecule has 1 heterocycles. The van der Waals surface area contributed by atoms with E-state index in [9.17, 15) is 14.4 Å². The van der Waals surface area contributed by atoms with Gasteiger partial charge in [-0.05, 0) is 42.9 Å². The van der Waals surface area contributed by atoms with Gasteiger partial charge in [0, 0.05) is 0 Å². The van der Waals surface area contributed by atoms with E-state index in [4.69, 9.17) is 4.74 Å². The van der Waals surface area contributed by atoms with Gasteiger partial charge in [-0.15, -0.1) is 0 Å². The zero-order valence-corrected chi connectivity index (χ0v) is 17.1. The molecule has 1 fully saturated rings. The number of ether oxygens (including phenoxy) is 1. The second kappa shape index (κ2) is 7.41. The van der Waals surface area contributed by atoms with E-state index in [1.54, 1.807) is 6.92 Å². The number of imide groups is 1. The summed E-state index contributed by atoms with van der Waals surface area (Å²) < 4.78 is 5.37. The van der Waals surface area contributed by atoms with Crippen LogP contribution in [0.2, 0.25) is 0 Å². The summed E-state index contributed by atoms with van der Waals surface area (Å²) in [6.07, 6.45) is 4.98. The minimum Gasteiger partial charge on any atom is -0.495 e. The minimum atomic E-state index is -0.881. The highest BCUT2D eigenvalue weighted by Crippen LogP contribution is 2.37. The van der Waals surface area contributed by atoms with Crippen molar-refractivity contribution in [3.8, 4) is 5.75 Å². The molecule has 0 aromatic heterocycles. The third-order valence-corrected chi connectivity index (χ3v) is 5.63. The van der Waals surface area contributed by atoms with E-state index in [-0.39, 0.29) is 29.1 Å². The number of nitrogens with zero attached hydrogens (tertiary/aromatic N) is 1. The standard InChI is InChI=1S/C22H28N2O4/c1-13(24-20(26)15-8-6-7-9-16(15)21(24)27)19(25)23-17-12-14(22(2,3)4)10-11-18(17)28-5/h6-7,10-13,15-16H,8-9H2,1-5H3,(H,23,25)/t13-,15+,16+/m0/s1. The molecule has 1 aliphatic heterocycles. The van der Waals surface area contributed by atoms with Crippen molar-refractivity contribution in [3.63, 3.8) is 0 Å². The maximum Gasteiger partial charge on any atom is 0.247 e. The second-order valence-electron chi connectivity index (χ2n) is 8.53. The molecule has 0 spiro atoms. The van der Waals surface area contributed by atoms with Gasteiger partial charge in [-0.1, -0.05) is 39.0 Å². The average molecular weight is 384 g/mol. The first-order valence-corrected chi connectivity index (χ1v) is 9.66. The molecule has 1 aromatic carbocycles. The predicted molar refractivity (Wildman–Crippen MR) is 107 cm³/mol. The summed E-state index contributed by atoms with van der Waals surface area (Å²) in [6, 6.07) is 4.77. The van der Waals surface area contributed by atoms with Gasteiger partial charge in [0.15, 0.2) is 0 Å². The Kier molecular flexibility index (Phi) is 5.33. The molecule has 0 bridgehead atoms. The molecule has 3 atom stereocenters. The molecular formula is C22H28N2O4. The lowest BCUT2D eigenvalue weighted by atomic mass is 9.85. The lowest BCUT2D eigenvalue weighted by molar-refractivity contribution is -0.146. The van der Waals surface area contributed by atoms with Gasteiger partial charge in [0.25, 0.3) is 0 Å². The highest BCUT2D eigenvalue weighted by atomic mass is 16.5. The molecule has 6 nitrogen and oxygen atoms in total. The van der Waals surface area contributed by atoms with Crippen LogP contribution >= 0.6 is 0 Å². The lowest BCUT2D eigenvalue weighted by Gasteiger charge is -2.24. The molecule has 1 aliphatic carbocycles. The Morgan fingerprint density at radius 2 is 1.71 bits per heavy atom. The Balaban J connectivity index is 1.81. The number of likely N-dealkylation sites (tertiary alicyclic amines) is 1. The Labute approximate surface area is 165 Å². The molecule has 0 unspecified atom stereocenters. The van der Waals surface area contributed by atoms with Crippen molar-refractivity contribution in [2.45, 2.75) is 52.0 Å². The van der Waals surface area contributed by atoms with Crippen LogP contribution in [-0.2, 0) is 19.8 Å². The van der Waals surface area contributed by atoms with Crippen LogP contribution in [-0.4, -0.2) is 35.8 Å². The van der Waals surface area contributed by atoms with Crippen molar-refractivity contribution in [3.05, 3.63) is 35.9 Å². The van der Waals surface area contributed by atoms with Gasteiger partial charge in [-0.2, -0.15) is 0 Å². The van der Waals surface area contributed by atoms with Crippen LogP contribution < -0.4 is 10.1 Å². The smallest absolute Gasteiger partial charge is 0.247 e. The first kappa shape index (κ1) is 20.1. The van der Waals surface area contributed by atoms with Crippen molar-refractivity contribution in [2.75, 3.05) is 12.4 Å². The van der Waals surface area contributed by atoms with E-state index in [0.29, 0.717) is 24.3 Å². The third-order valence-electron chi connectivity index (χ3n) is 5.63. The van der Waals surface area contributed by atoms with Crippen LogP contribution in [0.15, 0.2) is 30.4 Å². The zero-order chi connectivity index (χ0) is 20.6. The van der Waals surface area contributed by atoms with E-state index in [1.165, 1.54) is 7.11 Å². The fourth-order valence-electron chi connectivity index (χ4n) is 3.83. The van der Waals surface area contributed by atoms with Crippen molar-refractivity contribution < 1.29 is 19.1 Å². The van der Waals surface area contributed by atoms with Crippen molar-refractivity contribution in [1.29, 1.82) is 0 Å². The van der Waals surface area contributed by atoms with Gasteiger partial charge in [0.05, 0.1) is 24.6 Å². The number of fused-ring (bicyclic) bond motifs is 1. The van der Waals surface area contributed by atoms with E-state index >= 15 is 0 Å². The SMILES string of the molecule is COc1ccc(C(C)(C)C)cc1NC(=O)[C@H](C)N1C(=O)[C@@H]2CC=CC[C@H]2C1=O. The van der Waals surface area contributed by atoms with E-state index in [0.717, 1.165) is 10.5 Å². The summed E-state index contributed by atoms with van der Waals surface area (Å²) >= 11 is 0. The predicted octanol–water partition coefficient (Wildman–Crippen LogP) is 3.27. The Bertz CT molecular complexity index is 811. The largest absolute Gasteiger partial charge is 0.495 e. The van der Waals surface area contributed by atoms with Gasteiger partial charge >= 0.3 is 0 Å². The first-order valence-electron chi connectivity index (χ1n) is 9.66.